The molecule has 1 aromatic carbocycles. The first-order valence-corrected chi connectivity index (χ1v) is 12.3. The molecular weight excluding hydrogens is 485 g/mol. The molecule has 0 bridgehead atoms. The number of aromatic nitrogens is 1. The van der Waals surface area contributed by atoms with Gasteiger partial charge in [0.1, 0.15) is 17.4 Å². The largest absolute Gasteiger partial charge is 0.492 e. The van der Waals surface area contributed by atoms with Crippen LogP contribution in [0, 0.1) is 11.3 Å². The van der Waals surface area contributed by atoms with Crippen LogP contribution in [-0.4, -0.2) is 65.3 Å². The Hall–Kier alpha value is -3.16. The SMILES string of the molecule is CCOc1cc(C(C)N2CCc3c(cc(CCN(C)CC)cc3C(C)(O)C(F)(F)F)C2=O)ncc1C#N. The Morgan fingerprint density at radius 2 is 2.00 bits per heavy atom. The summed E-state index contributed by atoms with van der Waals surface area (Å²) in [5.74, 6) is -0.0691. The van der Waals surface area contributed by atoms with Crippen molar-refractivity contribution in [2.75, 3.05) is 33.3 Å². The number of rotatable bonds is 9. The van der Waals surface area contributed by atoms with Gasteiger partial charge in [-0.2, -0.15) is 18.4 Å². The minimum Gasteiger partial charge on any atom is -0.492 e. The molecule has 0 saturated carbocycles. The van der Waals surface area contributed by atoms with Gasteiger partial charge in [0.05, 0.1) is 18.3 Å². The average molecular weight is 519 g/mol. The van der Waals surface area contributed by atoms with Crippen LogP contribution in [0.5, 0.6) is 5.75 Å². The van der Waals surface area contributed by atoms with Crippen LogP contribution in [0.25, 0.3) is 0 Å². The van der Waals surface area contributed by atoms with Crippen molar-refractivity contribution in [1.29, 1.82) is 5.26 Å². The Morgan fingerprint density at radius 1 is 1.30 bits per heavy atom. The van der Waals surface area contributed by atoms with Gasteiger partial charge in [-0.3, -0.25) is 9.78 Å². The molecule has 2 aromatic rings. The number of ether oxygens (including phenoxy) is 1. The average Bonchev–Trinajstić information content (AvgIpc) is 2.86. The summed E-state index contributed by atoms with van der Waals surface area (Å²) in [6, 6.07) is 6.16. The van der Waals surface area contributed by atoms with Crippen LogP contribution >= 0.6 is 0 Å². The summed E-state index contributed by atoms with van der Waals surface area (Å²) in [5, 5.41) is 19.9. The second kappa shape index (κ2) is 11.1. The number of carbonyl (C=O) groups is 1. The van der Waals surface area contributed by atoms with Crippen LogP contribution in [0.1, 0.15) is 72.0 Å². The molecule has 37 heavy (non-hydrogen) atoms. The predicted octanol–water partition coefficient (Wildman–Crippen LogP) is 4.38. The maximum Gasteiger partial charge on any atom is 0.421 e. The van der Waals surface area contributed by atoms with Crippen molar-refractivity contribution < 1.29 is 27.8 Å². The number of halogens is 3. The lowest BCUT2D eigenvalue weighted by Gasteiger charge is -2.37. The molecule has 2 heterocycles. The topological polar surface area (TPSA) is 89.7 Å². The van der Waals surface area contributed by atoms with Crippen LogP contribution < -0.4 is 4.74 Å². The van der Waals surface area contributed by atoms with Gasteiger partial charge < -0.3 is 19.6 Å². The number of hydrogen-bond acceptors (Lipinski definition) is 6. The summed E-state index contributed by atoms with van der Waals surface area (Å²) in [5.41, 5.74) is -1.67. The third-order valence-corrected chi connectivity index (χ3v) is 7.01. The number of aliphatic hydroxyl groups is 1. The van der Waals surface area contributed by atoms with Crippen molar-refractivity contribution in [1.82, 2.24) is 14.8 Å². The monoisotopic (exact) mass is 518 g/mol. The van der Waals surface area contributed by atoms with Gasteiger partial charge in [0.2, 0.25) is 0 Å². The Morgan fingerprint density at radius 3 is 2.59 bits per heavy atom. The summed E-state index contributed by atoms with van der Waals surface area (Å²) in [4.78, 5) is 21.6. The maximum atomic E-state index is 13.9. The number of likely N-dealkylation sites (N-methyl/N-ethyl adjacent to an activating group) is 1. The zero-order valence-electron chi connectivity index (χ0n) is 21.8. The van der Waals surface area contributed by atoms with Gasteiger partial charge in [-0.1, -0.05) is 13.0 Å². The van der Waals surface area contributed by atoms with E-state index in [4.69, 9.17) is 4.74 Å². The molecular formula is C27H33F3N4O3. The Kier molecular flexibility index (Phi) is 8.50. The Balaban J connectivity index is 2.05. The number of pyridine rings is 1. The summed E-state index contributed by atoms with van der Waals surface area (Å²) in [7, 11) is 1.90. The van der Waals surface area contributed by atoms with Crippen molar-refractivity contribution in [3.63, 3.8) is 0 Å². The molecule has 3 rings (SSSR count). The third kappa shape index (κ3) is 5.73. The molecule has 2 atom stereocenters. The first-order chi connectivity index (χ1) is 17.3. The molecule has 0 fully saturated rings. The lowest BCUT2D eigenvalue weighted by Crippen LogP contribution is -2.44. The van der Waals surface area contributed by atoms with Crippen molar-refractivity contribution >= 4 is 5.91 Å². The number of alkyl halides is 3. The summed E-state index contributed by atoms with van der Waals surface area (Å²) in [6.45, 7) is 8.14. The van der Waals surface area contributed by atoms with E-state index in [0.717, 1.165) is 13.5 Å². The predicted molar refractivity (Wildman–Crippen MR) is 132 cm³/mol. The van der Waals surface area contributed by atoms with E-state index in [0.29, 0.717) is 36.6 Å². The highest BCUT2D eigenvalue weighted by molar-refractivity contribution is 5.97. The van der Waals surface area contributed by atoms with E-state index in [9.17, 15) is 28.3 Å². The van der Waals surface area contributed by atoms with E-state index in [1.807, 2.05) is 24.9 Å². The van der Waals surface area contributed by atoms with Crippen molar-refractivity contribution in [3.05, 3.63) is 57.9 Å². The Labute approximate surface area is 215 Å². The van der Waals surface area contributed by atoms with E-state index in [1.54, 1.807) is 30.9 Å². The normalized spacial score (nSPS) is 16.2. The first-order valence-electron chi connectivity index (χ1n) is 12.3. The lowest BCUT2D eigenvalue weighted by molar-refractivity contribution is -0.259. The molecule has 1 aromatic heterocycles. The number of amides is 1. The lowest BCUT2D eigenvalue weighted by atomic mass is 9.82. The zero-order chi connectivity index (χ0) is 27.5. The van der Waals surface area contributed by atoms with Gasteiger partial charge in [0, 0.05) is 30.9 Å². The van der Waals surface area contributed by atoms with E-state index < -0.39 is 23.7 Å². The molecule has 0 spiro atoms. The van der Waals surface area contributed by atoms with Crippen LogP contribution in [0.15, 0.2) is 24.4 Å². The standard InChI is InChI=1S/C27H33F3N4O3/c1-6-33(5)10-8-18-12-21-20(22(13-18)26(4,36)27(28,29)30)9-11-34(25(21)35)17(3)23-14-24(37-7-2)19(15-31)16-32-23/h12-14,16-17,36H,6-11H2,1-5H3. The van der Waals surface area contributed by atoms with Crippen molar-refractivity contribution in [2.45, 2.75) is 58.4 Å². The van der Waals surface area contributed by atoms with Crippen LogP contribution in [0.2, 0.25) is 0 Å². The molecule has 2 unspecified atom stereocenters. The molecule has 10 heteroatoms. The molecule has 1 amide bonds. The number of benzene rings is 1. The highest BCUT2D eigenvalue weighted by Crippen LogP contribution is 2.43. The number of fused-ring (bicyclic) bond motifs is 1. The van der Waals surface area contributed by atoms with Crippen LogP contribution in [0.3, 0.4) is 0 Å². The third-order valence-electron chi connectivity index (χ3n) is 7.01. The first kappa shape index (κ1) is 28.4. The van der Waals surface area contributed by atoms with Crippen LogP contribution in [-0.2, 0) is 18.4 Å². The molecule has 0 radical (unpaired) electrons. The summed E-state index contributed by atoms with van der Waals surface area (Å²) >= 11 is 0. The molecule has 200 valence electrons. The highest BCUT2D eigenvalue weighted by Gasteiger charge is 2.53. The molecule has 7 nitrogen and oxygen atoms in total. The van der Waals surface area contributed by atoms with Gasteiger partial charge in [-0.15, -0.1) is 0 Å². The van der Waals surface area contributed by atoms with Gasteiger partial charge in [0.25, 0.3) is 5.91 Å². The van der Waals surface area contributed by atoms with E-state index >= 15 is 0 Å². The molecule has 1 aliphatic heterocycles. The smallest absolute Gasteiger partial charge is 0.421 e. The molecule has 1 aliphatic rings. The maximum absolute atomic E-state index is 13.9. The summed E-state index contributed by atoms with van der Waals surface area (Å²) in [6.07, 6.45) is -2.94. The fourth-order valence-electron chi connectivity index (χ4n) is 4.46. The quantitative estimate of drug-likeness (QED) is 0.530. The number of carbonyl (C=O) groups excluding carboxylic acids is 1. The number of nitrogens with zero attached hydrogens (tertiary/aromatic N) is 4. The molecule has 0 aliphatic carbocycles. The highest BCUT2D eigenvalue weighted by atomic mass is 19.4. The van der Waals surface area contributed by atoms with Gasteiger partial charge in [-0.05, 0) is 70.0 Å². The second-order valence-corrected chi connectivity index (χ2v) is 9.46. The minimum absolute atomic E-state index is 0.150. The van der Waals surface area contributed by atoms with Gasteiger partial charge in [0.15, 0.2) is 5.60 Å². The fraction of sp³-hybridized carbons (Fsp3) is 0.519. The number of nitriles is 1. The minimum atomic E-state index is -4.91. The van der Waals surface area contributed by atoms with E-state index in [-0.39, 0.29) is 35.2 Å². The number of hydrogen-bond donors (Lipinski definition) is 1. The second-order valence-electron chi connectivity index (χ2n) is 9.46. The Bertz CT molecular complexity index is 1190. The van der Waals surface area contributed by atoms with E-state index in [1.165, 1.54) is 12.3 Å². The van der Waals surface area contributed by atoms with Crippen molar-refractivity contribution in [3.8, 4) is 11.8 Å². The van der Waals surface area contributed by atoms with E-state index in [2.05, 4.69) is 4.98 Å². The zero-order valence-corrected chi connectivity index (χ0v) is 21.8. The van der Waals surface area contributed by atoms with Gasteiger partial charge >= 0.3 is 6.18 Å². The van der Waals surface area contributed by atoms with Gasteiger partial charge in [-0.25, -0.2) is 0 Å². The van der Waals surface area contributed by atoms with Crippen molar-refractivity contribution in [2.24, 2.45) is 0 Å². The molecule has 1 N–H and O–H groups in total. The molecule has 0 saturated heterocycles. The summed E-state index contributed by atoms with van der Waals surface area (Å²) < 4.78 is 47.2. The van der Waals surface area contributed by atoms with Crippen LogP contribution in [0.4, 0.5) is 13.2 Å². The fourth-order valence-corrected chi connectivity index (χ4v) is 4.46.